The van der Waals surface area contributed by atoms with E-state index in [-0.39, 0.29) is 6.04 Å². The van der Waals surface area contributed by atoms with Crippen LogP contribution in [0.3, 0.4) is 0 Å². The highest BCUT2D eigenvalue weighted by Crippen LogP contribution is 2.26. The number of carbonyl (C=O) groups excluding carboxylic acids is 1. The predicted octanol–water partition coefficient (Wildman–Crippen LogP) is 5.41. The molecule has 2 N–H and O–H groups in total. The summed E-state index contributed by atoms with van der Waals surface area (Å²) in [6.07, 6.45) is 2.56. The second kappa shape index (κ2) is 10.1. The monoisotopic (exact) mass is 445 g/mol. The van der Waals surface area contributed by atoms with Gasteiger partial charge in [0.1, 0.15) is 0 Å². The number of ether oxygens (including phenoxy) is 1. The second-order valence-corrected chi connectivity index (χ2v) is 8.61. The maximum absolute atomic E-state index is 11.7. The van der Waals surface area contributed by atoms with Gasteiger partial charge in [0.2, 0.25) is 0 Å². The molecule has 30 heavy (non-hydrogen) atoms. The van der Waals surface area contributed by atoms with Crippen LogP contribution in [0.1, 0.15) is 48.7 Å². The number of nitrogens with one attached hydrogen (secondary N) is 2. The van der Waals surface area contributed by atoms with Gasteiger partial charge in [-0.15, -0.1) is 0 Å². The average Bonchev–Trinajstić information content (AvgIpc) is 2.74. The van der Waals surface area contributed by atoms with Crippen molar-refractivity contribution in [3.8, 4) is 0 Å². The number of hydrogen-bond donors (Lipinski definition) is 2. The molecule has 7 heteroatoms. The van der Waals surface area contributed by atoms with Gasteiger partial charge in [-0.05, 0) is 73.8 Å². The predicted molar refractivity (Wildman–Crippen MR) is 128 cm³/mol. The van der Waals surface area contributed by atoms with Crippen molar-refractivity contribution in [3.63, 3.8) is 0 Å². The van der Waals surface area contributed by atoms with Crippen LogP contribution in [0.5, 0.6) is 0 Å². The zero-order chi connectivity index (χ0) is 21.7. The van der Waals surface area contributed by atoms with Crippen LogP contribution in [-0.2, 0) is 4.74 Å². The molecule has 5 nitrogen and oxygen atoms in total. The zero-order valence-corrected chi connectivity index (χ0v) is 19.1. The first-order valence-corrected chi connectivity index (χ1v) is 11.0. The smallest absolute Gasteiger partial charge is 0.337 e. The number of rotatable bonds is 5. The first-order chi connectivity index (χ1) is 14.4. The highest BCUT2D eigenvalue weighted by Gasteiger charge is 2.17. The summed E-state index contributed by atoms with van der Waals surface area (Å²) in [6, 6.07) is 13.5. The lowest BCUT2D eigenvalue weighted by Crippen LogP contribution is -2.34. The molecule has 1 aliphatic rings. The Morgan fingerprint density at radius 1 is 1.27 bits per heavy atom. The molecular weight excluding hydrogens is 418 g/mol. The van der Waals surface area contributed by atoms with Gasteiger partial charge in [-0.25, -0.2) is 4.79 Å². The van der Waals surface area contributed by atoms with Crippen molar-refractivity contribution in [2.24, 2.45) is 5.92 Å². The Balaban J connectivity index is 1.61. The van der Waals surface area contributed by atoms with Crippen molar-refractivity contribution >= 4 is 46.3 Å². The second-order valence-electron chi connectivity index (χ2n) is 7.79. The number of methoxy groups -OCH3 is 1. The summed E-state index contributed by atoms with van der Waals surface area (Å²) >= 11 is 11.7. The van der Waals surface area contributed by atoms with Crippen LogP contribution in [0.4, 0.5) is 11.4 Å². The van der Waals surface area contributed by atoms with Gasteiger partial charge in [-0.3, -0.25) is 0 Å². The first-order valence-electron chi connectivity index (χ1n) is 10.2. The van der Waals surface area contributed by atoms with Crippen LogP contribution in [0.2, 0.25) is 5.02 Å². The van der Waals surface area contributed by atoms with Gasteiger partial charge in [-0.1, -0.05) is 30.7 Å². The number of nitrogens with zero attached hydrogens (tertiary/aromatic N) is 1. The maximum Gasteiger partial charge on any atom is 0.337 e. The van der Waals surface area contributed by atoms with Crippen molar-refractivity contribution < 1.29 is 9.53 Å². The lowest BCUT2D eigenvalue weighted by Gasteiger charge is -2.33. The van der Waals surface area contributed by atoms with E-state index in [0.717, 1.165) is 24.6 Å². The molecule has 1 fully saturated rings. The average molecular weight is 446 g/mol. The molecule has 1 heterocycles. The number of piperidine rings is 1. The van der Waals surface area contributed by atoms with E-state index < -0.39 is 5.97 Å². The third-order valence-corrected chi connectivity index (χ3v) is 5.95. The summed E-state index contributed by atoms with van der Waals surface area (Å²) < 4.78 is 4.76. The van der Waals surface area contributed by atoms with Crippen molar-refractivity contribution in [2.75, 3.05) is 30.4 Å². The number of anilines is 2. The third kappa shape index (κ3) is 5.64. The Hall–Kier alpha value is -2.31. The van der Waals surface area contributed by atoms with Crippen LogP contribution in [0.25, 0.3) is 0 Å². The van der Waals surface area contributed by atoms with Gasteiger partial charge in [0, 0.05) is 18.8 Å². The van der Waals surface area contributed by atoms with E-state index in [1.165, 1.54) is 25.6 Å². The van der Waals surface area contributed by atoms with E-state index in [0.29, 0.717) is 21.4 Å². The molecule has 1 saturated heterocycles. The van der Waals surface area contributed by atoms with Crippen molar-refractivity contribution in [1.29, 1.82) is 0 Å². The van der Waals surface area contributed by atoms with E-state index in [1.807, 2.05) is 0 Å². The Labute approximate surface area is 188 Å². The molecule has 0 aromatic heterocycles. The first kappa shape index (κ1) is 22.4. The van der Waals surface area contributed by atoms with Crippen molar-refractivity contribution in [1.82, 2.24) is 5.32 Å². The maximum atomic E-state index is 11.7. The van der Waals surface area contributed by atoms with Gasteiger partial charge in [0.25, 0.3) is 0 Å². The number of benzene rings is 2. The van der Waals surface area contributed by atoms with E-state index in [4.69, 9.17) is 28.6 Å². The quantitative estimate of drug-likeness (QED) is 0.474. The van der Waals surface area contributed by atoms with Gasteiger partial charge in [0.05, 0.1) is 29.4 Å². The number of thiocarbonyl (C=S) groups is 1. The van der Waals surface area contributed by atoms with Crippen LogP contribution in [0, 0.1) is 5.92 Å². The minimum Gasteiger partial charge on any atom is -0.465 e. The minimum absolute atomic E-state index is 0.0156. The van der Waals surface area contributed by atoms with E-state index in [1.54, 1.807) is 18.2 Å². The molecule has 2 aromatic carbocycles. The Bertz CT molecular complexity index is 904. The molecule has 0 bridgehead atoms. The Morgan fingerprint density at radius 2 is 2.00 bits per heavy atom. The zero-order valence-electron chi connectivity index (χ0n) is 17.6. The van der Waals surface area contributed by atoms with Gasteiger partial charge >= 0.3 is 5.97 Å². The normalized spacial score (nSPS) is 17.2. The van der Waals surface area contributed by atoms with E-state index in [9.17, 15) is 4.79 Å². The number of esters is 1. The molecule has 2 atom stereocenters. The number of hydrogen-bond acceptors (Lipinski definition) is 4. The lowest BCUT2D eigenvalue weighted by atomic mass is 9.99. The van der Waals surface area contributed by atoms with Crippen LogP contribution in [0.15, 0.2) is 42.5 Å². The molecule has 0 radical (unpaired) electrons. The summed E-state index contributed by atoms with van der Waals surface area (Å²) in [5.74, 6) is 0.317. The fourth-order valence-electron chi connectivity index (χ4n) is 3.70. The molecular formula is C23H28ClN3O2S. The topological polar surface area (TPSA) is 53.6 Å². The largest absolute Gasteiger partial charge is 0.465 e. The van der Waals surface area contributed by atoms with Crippen LogP contribution >= 0.6 is 23.8 Å². The molecule has 160 valence electrons. The third-order valence-electron chi connectivity index (χ3n) is 5.40. The van der Waals surface area contributed by atoms with Gasteiger partial charge < -0.3 is 20.3 Å². The highest BCUT2D eigenvalue weighted by molar-refractivity contribution is 7.80. The van der Waals surface area contributed by atoms with E-state index >= 15 is 0 Å². The minimum atomic E-state index is -0.426. The Morgan fingerprint density at radius 3 is 2.67 bits per heavy atom. The molecule has 0 aliphatic carbocycles. The standard InChI is InChI=1S/C23H28ClN3O2S/c1-15-5-4-12-27(14-15)19-9-6-17(7-10-19)16(2)25-23(30)26-21-13-18(22(28)29-3)8-11-20(21)24/h6-11,13,15-16H,4-5,12,14H2,1-3H3,(H2,25,26,30)/t15-,16+/m1/s1. The molecule has 3 rings (SSSR count). The molecule has 2 aromatic rings. The summed E-state index contributed by atoms with van der Waals surface area (Å²) in [6.45, 7) is 6.61. The fourth-order valence-corrected chi connectivity index (χ4v) is 4.15. The fraction of sp³-hybridized carbons (Fsp3) is 0.391. The number of halogens is 1. The molecule has 0 spiro atoms. The summed E-state index contributed by atoms with van der Waals surface area (Å²) in [5, 5.41) is 7.25. The molecule has 1 aliphatic heterocycles. The molecule has 0 amide bonds. The van der Waals surface area contributed by atoms with Gasteiger partial charge in [0.15, 0.2) is 5.11 Å². The lowest BCUT2D eigenvalue weighted by molar-refractivity contribution is 0.0601. The SMILES string of the molecule is COC(=O)c1ccc(Cl)c(NC(=S)N[C@@H](C)c2ccc(N3CCC[C@@H](C)C3)cc2)c1. The summed E-state index contributed by atoms with van der Waals surface area (Å²) in [7, 11) is 1.34. The van der Waals surface area contributed by atoms with Crippen LogP contribution in [-0.4, -0.2) is 31.3 Å². The van der Waals surface area contributed by atoms with Crippen LogP contribution < -0.4 is 15.5 Å². The highest BCUT2D eigenvalue weighted by atomic mass is 35.5. The number of carbonyl (C=O) groups is 1. The summed E-state index contributed by atoms with van der Waals surface area (Å²) in [4.78, 5) is 14.2. The molecule has 0 saturated carbocycles. The van der Waals surface area contributed by atoms with E-state index in [2.05, 4.69) is 53.6 Å². The van der Waals surface area contributed by atoms with Crippen molar-refractivity contribution in [2.45, 2.75) is 32.7 Å². The van der Waals surface area contributed by atoms with Gasteiger partial charge in [-0.2, -0.15) is 0 Å². The molecule has 0 unspecified atom stereocenters. The summed E-state index contributed by atoms with van der Waals surface area (Å²) in [5.41, 5.74) is 3.37. The van der Waals surface area contributed by atoms with Crippen molar-refractivity contribution in [3.05, 3.63) is 58.6 Å². The Kier molecular flexibility index (Phi) is 7.56.